The first kappa shape index (κ1) is 15.3. The minimum absolute atomic E-state index is 0.0206. The average Bonchev–Trinajstić information content (AvgIpc) is 2.61. The van der Waals surface area contributed by atoms with Crippen molar-refractivity contribution in [1.82, 2.24) is 9.78 Å². The van der Waals surface area contributed by atoms with E-state index in [-0.39, 0.29) is 5.78 Å². The van der Waals surface area contributed by atoms with Crippen molar-refractivity contribution in [3.05, 3.63) is 44.1 Å². The molecule has 0 saturated carbocycles. The summed E-state index contributed by atoms with van der Waals surface area (Å²) in [6.45, 7) is 3.79. The maximum Gasteiger partial charge on any atom is 0.163 e. The number of ketones is 1. The number of aromatic nitrogens is 2. The summed E-state index contributed by atoms with van der Waals surface area (Å²) in [5.74, 6) is 0.547. The zero-order valence-electron chi connectivity index (χ0n) is 11.4. The average molecular weight is 402 g/mol. The van der Waals surface area contributed by atoms with Gasteiger partial charge in [0.05, 0.1) is 21.4 Å². The molecule has 1 aromatic heterocycles. The van der Waals surface area contributed by atoms with Crippen LogP contribution in [0.15, 0.2) is 27.1 Å². The Bertz CT molecular complexity index is 665. The van der Waals surface area contributed by atoms with E-state index in [0.717, 1.165) is 20.3 Å². The van der Waals surface area contributed by atoms with Crippen molar-refractivity contribution < 1.29 is 9.53 Å². The van der Waals surface area contributed by atoms with Crippen molar-refractivity contribution in [3.63, 3.8) is 0 Å². The highest BCUT2D eigenvalue weighted by molar-refractivity contribution is 9.10. The van der Waals surface area contributed by atoms with Gasteiger partial charge in [0, 0.05) is 11.5 Å². The monoisotopic (exact) mass is 400 g/mol. The Hall–Kier alpha value is -1.14. The number of halogens is 2. The molecule has 1 aromatic carbocycles. The van der Waals surface area contributed by atoms with Crippen molar-refractivity contribution in [2.45, 2.75) is 20.5 Å². The van der Waals surface area contributed by atoms with Gasteiger partial charge in [0.1, 0.15) is 12.4 Å². The molecule has 6 heteroatoms. The zero-order chi connectivity index (χ0) is 14.9. The van der Waals surface area contributed by atoms with Crippen molar-refractivity contribution in [3.8, 4) is 5.75 Å². The lowest BCUT2D eigenvalue weighted by Gasteiger charge is -2.11. The topological polar surface area (TPSA) is 44.1 Å². The molecule has 1 heterocycles. The van der Waals surface area contributed by atoms with Gasteiger partial charge in [0.2, 0.25) is 0 Å². The van der Waals surface area contributed by atoms with Crippen LogP contribution in [0.25, 0.3) is 0 Å². The Kier molecular flexibility index (Phi) is 4.65. The first-order chi connectivity index (χ1) is 9.40. The van der Waals surface area contributed by atoms with E-state index in [0.29, 0.717) is 17.9 Å². The number of aryl methyl sites for hydroxylation is 2. The standard InChI is InChI=1S/C14H14Br2N2O2/c1-8-14(16)12(18(3)17-8)7-20-13-6-10(15)4-5-11(13)9(2)19/h4-6H,7H2,1-3H3. The smallest absolute Gasteiger partial charge is 0.163 e. The minimum atomic E-state index is -0.0206. The molecule has 0 unspecified atom stereocenters. The molecule has 0 bridgehead atoms. The first-order valence-electron chi connectivity index (χ1n) is 6.01. The number of ether oxygens (including phenoxy) is 1. The highest BCUT2D eigenvalue weighted by Gasteiger charge is 2.14. The van der Waals surface area contributed by atoms with E-state index in [4.69, 9.17) is 4.74 Å². The minimum Gasteiger partial charge on any atom is -0.486 e. The molecule has 20 heavy (non-hydrogen) atoms. The van der Waals surface area contributed by atoms with Gasteiger partial charge in [-0.15, -0.1) is 0 Å². The summed E-state index contributed by atoms with van der Waals surface area (Å²) in [4.78, 5) is 11.6. The fourth-order valence-electron chi connectivity index (χ4n) is 1.89. The molecule has 0 spiro atoms. The van der Waals surface area contributed by atoms with Crippen LogP contribution in [0.4, 0.5) is 0 Å². The first-order valence-corrected chi connectivity index (χ1v) is 7.60. The molecule has 0 amide bonds. The second-order valence-electron chi connectivity index (χ2n) is 4.46. The van der Waals surface area contributed by atoms with Gasteiger partial charge in [-0.25, -0.2) is 0 Å². The molecule has 0 saturated heterocycles. The highest BCUT2D eigenvalue weighted by Crippen LogP contribution is 2.27. The van der Waals surface area contributed by atoms with Crippen LogP contribution in [0, 0.1) is 6.92 Å². The molecule has 0 N–H and O–H groups in total. The zero-order valence-corrected chi connectivity index (χ0v) is 14.6. The summed E-state index contributed by atoms with van der Waals surface area (Å²) in [5.41, 5.74) is 2.41. The maximum absolute atomic E-state index is 11.6. The molecule has 0 aliphatic rings. The number of rotatable bonds is 4. The molecule has 2 aromatic rings. The summed E-state index contributed by atoms with van der Waals surface area (Å²) in [6.07, 6.45) is 0. The number of Topliss-reactive ketones (excluding diaryl/α,β-unsaturated/α-hetero) is 1. The fraction of sp³-hybridized carbons (Fsp3) is 0.286. The molecule has 0 radical (unpaired) electrons. The van der Waals surface area contributed by atoms with Crippen LogP contribution in [0.2, 0.25) is 0 Å². The van der Waals surface area contributed by atoms with E-state index in [2.05, 4.69) is 37.0 Å². The third-order valence-electron chi connectivity index (χ3n) is 2.95. The van der Waals surface area contributed by atoms with Crippen LogP contribution < -0.4 is 4.74 Å². The van der Waals surface area contributed by atoms with Crippen molar-refractivity contribution in [2.75, 3.05) is 0 Å². The molecule has 2 rings (SSSR count). The van der Waals surface area contributed by atoms with Gasteiger partial charge in [-0.1, -0.05) is 15.9 Å². The Morgan fingerprint density at radius 3 is 2.65 bits per heavy atom. The second kappa shape index (κ2) is 6.10. The number of nitrogens with zero attached hydrogens (tertiary/aromatic N) is 2. The predicted molar refractivity (Wildman–Crippen MR) is 84.1 cm³/mol. The lowest BCUT2D eigenvalue weighted by Crippen LogP contribution is -2.06. The Balaban J connectivity index is 2.27. The molecular formula is C14H14Br2N2O2. The lowest BCUT2D eigenvalue weighted by molar-refractivity contribution is 0.101. The number of benzene rings is 1. The Labute approximate surface area is 134 Å². The molecule has 4 nitrogen and oxygen atoms in total. The van der Waals surface area contributed by atoms with Crippen molar-refractivity contribution in [2.24, 2.45) is 7.05 Å². The number of carbonyl (C=O) groups excluding carboxylic acids is 1. The summed E-state index contributed by atoms with van der Waals surface area (Å²) < 4.78 is 9.37. The van der Waals surface area contributed by atoms with Crippen LogP contribution in [-0.4, -0.2) is 15.6 Å². The van der Waals surface area contributed by atoms with Gasteiger partial charge < -0.3 is 4.74 Å². The van der Waals surface area contributed by atoms with E-state index in [9.17, 15) is 4.79 Å². The fourth-order valence-corrected chi connectivity index (χ4v) is 2.68. The third-order valence-corrected chi connectivity index (χ3v) is 4.47. The molecule has 106 valence electrons. The second-order valence-corrected chi connectivity index (χ2v) is 6.16. The van der Waals surface area contributed by atoms with Crippen LogP contribution in [0.5, 0.6) is 5.75 Å². The van der Waals surface area contributed by atoms with E-state index < -0.39 is 0 Å². The quantitative estimate of drug-likeness (QED) is 0.726. The third kappa shape index (κ3) is 3.12. The van der Waals surface area contributed by atoms with Gasteiger partial charge in [-0.3, -0.25) is 9.48 Å². The molecule has 0 aliphatic carbocycles. The lowest BCUT2D eigenvalue weighted by atomic mass is 10.1. The normalized spacial score (nSPS) is 10.7. The maximum atomic E-state index is 11.6. The van der Waals surface area contributed by atoms with E-state index >= 15 is 0 Å². The van der Waals surface area contributed by atoms with Crippen LogP contribution in [0.3, 0.4) is 0 Å². The summed E-state index contributed by atoms with van der Waals surface area (Å²) in [5, 5.41) is 4.31. The highest BCUT2D eigenvalue weighted by atomic mass is 79.9. The predicted octanol–water partition coefficient (Wildman–Crippen LogP) is 4.04. The number of carbonyl (C=O) groups is 1. The van der Waals surface area contributed by atoms with Gasteiger partial charge in [0.15, 0.2) is 5.78 Å². The largest absolute Gasteiger partial charge is 0.486 e. The van der Waals surface area contributed by atoms with Gasteiger partial charge >= 0.3 is 0 Å². The van der Waals surface area contributed by atoms with Gasteiger partial charge in [0.25, 0.3) is 0 Å². The van der Waals surface area contributed by atoms with E-state index in [1.165, 1.54) is 6.92 Å². The van der Waals surface area contributed by atoms with E-state index in [1.807, 2.05) is 20.0 Å². The summed E-state index contributed by atoms with van der Waals surface area (Å²) in [6, 6.07) is 5.38. The summed E-state index contributed by atoms with van der Waals surface area (Å²) in [7, 11) is 1.86. The molecule has 0 aliphatic heterocycles. The SMILES string of the molecule is CC(=O)c1ccc(Br)cc1OCc1c(Br)c(C)nn1C. The molecule has 0 fully saturated rings. The van der Waals surface area contributed by atoms with Crippen LogP contribution in [-0.2, 0) is 13.7 Å². The number of hydrogen-bond donors (Lipinski definition) is 0. The molecular weight excluding hydrogens is 388 g/mol. The van der Waals surface area contributed by atoms with E-state index in [1.54, 1.807) is 16.8 Å². The Morgan fingerprint density at radius 2 is 2.10 bits per heavy atom. The Morgan fingerprint density at radius 1 is 1.40 bits per heavy atom. The van der Waals surface area contributed by atoms with Crippen molar-refractivity contribution >= 4 is 37.6 Å². The molecule has 0 atom stereocenters. The van der Waals surface area contributed by atoms with Crippen LogP contribution >= 0.6 is 31.9 Å². The van der Waals surface area contributed by atoms with Gasteiger partial charge in [-0.05, 0) is 48.0 Å². The van der Waals surface area contributed by atoms with Crippen molar-refractivity contribution in [1.29, 1.82) is 0 Å². The van der Waals surface area contributed by atoms with Gasteiger partial charge in [-0.2, -0.15) is 5.10 Å². The summed E-state index contributed by atoms with van der Waals surface area (Å²) >= 11 is 6.88. The van der Waals surface area contributed by atoms with Crippen LogP contribution in [0.1, 0.15) is 28.7 Å². The number of hydrogen-bond acceptors (Lipinski definition) is 3.